The monoisotopic (exact) mass is 315 g/mol. The van der Waals surface area contributed by atoms with Crippen LogP contribution in [0, 0.1) is 10.1 Å². The van der Waals surface area contributed by atoms with Crippen molar-refractivity contribution in [2.75, 3.05) is 6.61 Å². The van der Waals surface area contributed by atoms with Crippen molar-refractivity contribution in [3.8, 4) is 5.75 Å². The lowest BCUT2D eigenvalue weighted by atomic mass is 9.96. The number of amides is 1. The fourth-order valence-electron chi connectivity index (χ4n) is 1.62. The third-order valence-electron chi connectivity index (χ3n) is 3.04. The molecule has 21 heavy (non-hydrogen) atoms. The summed E-state index contributed by atoms with van der Waals surface area (Å²) in [4.78, 5) is 21.1. The molecule has 0 fully saturated rings. The van der Waals surface area contributed by atoms with Crippen molar-refractivity contribution >= 4 is 23.2 Å². The van der Waals surface area contributed by atoms with E-state index in [2.05, 4.69) is 0 Å². The van der Waals surface area contributed by atoms with Crippen LogP contribution >= 0.6 is 11.6 Å². The van der Waals surface area contributed by atoms with Crippen LogP contribution < -0.4 is 16.2 Å². The van der Waals surface area contributed by atoms with Gasteiger partial charge in [0.15, 0.2) is 0 Å². The van der Waals surface area contributed by atoms with E-state index in [1.807, 2.05) is 0 Å². The zero-order chi connectivity index (χ0) is 16.0. The Morgan fingerprint density at radius 1 is 1.48 bits per heavy atom. The van der Waals surface area contributed by atoms with Crippen molar-refractivity contribution < 1.29 is 14.5 Å². The Balaban J connectivity index is 2.40. The van der Waals surface area contributed by atoms with Crippen molar-refractivity contribution in [1.82, 2.24) is 0 Å². The van der Waals surface area contributed by atoms with Gasteiger partial charge in [-0.3, -0.25) is 14.9 Å². The SMILES string of the molecule is CC(N)(CCCCOc1ccc([N+](=O)[O-])cc1Cl)C(N)=O. The van der Waals surface area contributed by atoms with E-state index < -0.39 is 16.4 Å². The maximum Gasteiger partial charge on any atom is 0.271 e. The van der Waals surface area contributed by atoms with Crippen molar-refractivity contribution in [2.45, 2.75) is 31.7 Å². The van der Waals surface area contributed by atoms with E-state index in [9.17, 15) is 14.9 Å². The third-order valence-corrected chi connectivity index (χ3v) is 3.33. The number of benzene rings is 1. The average Bonchev–Trinajstić information content (AvgIpc) is 2.39. The second kappa shape index (κ2) is 7.24. The van der Waals surface area contributed by atoms with E-state index in [1.165, 1.54) is 18.2 Å². The van der Waals surface area contributed by atoms with Crippen molar-refractivity contribution in [3.63, 3.8) is 0 Å². The Hall–Kier alpha value is -1.86. The predicted molar refractivity (Wildman–Crippen MR) is 79.2 cm³/mol. The molecule has 0 saturated heterocycles. The number of carbonyl (C=O) groups excluding carboxylic acids is 1. The van der Waals surface area contributed by atoms with Crippen LogP contribution in [0.1, 0.15) is 26.2 Å². The van der Waals surface area contributed by atoms with Crippen LogP contribution in [0.4, 0.5) is 5.69 Å². The topological polar surface area (TPSA) is 121 Å². The molecule has 8 heteroatoms. The lowest BCUT2D eigenvalue weighted by molar-refractivity contribution is -0.384. The molecule has 1 unspecified atom stereocenters. The number of hydrogen-bond donors (Lipinski definition) is 2. The largest absolute Gasteiger partial charge is 0.492 e. The number of hydrogen-bond acceptors (Lipinski definition) is 5. The normalized spacial score (nSPS) is 13.5. The van der Waals surface area contributed by atoms with Crippen LogP contribution in [0.5, 0.6) is 5.75 Å². The van der Waals surface area contributed by atoms with Gasteiger partial charge in [0.1, 0.15) is 5.75 Å². The lowest BCUT2D eigenvalue weighted by Crippen LogP contribution is -2.49. The van der Waals surface area contributed by atoms with Gasteiger partial charge in [0.25, 0.3) is 5.69 Å². The summed E-state index contributed by atoms with van der Waals surface area (Å²) in [6, 6.07) is 4.02. The first-order valence-electron chi connectivity index (χ1n) is 6.39. The Bertz CT molecular complexity index is 534. The van der Waals surface area contributed by atoms with Gasteiger partial charge in [0.2, 0.25) is 5.91 Å². The number of non-ortho nitro benzene ring substituents is 1. The van der Waals surface area contributed by atoms with Crippen LogP contribution in [0.25, 0.3) is 0 Å². The maximum absolute atomic E-state index is 11.0. The number of carbonyl (C=O) groups is 1. The molecule has 1 atom stereocenters. The molecular formula is C13H18ClN3O4. The van der Waals surface area contributed by atoms with Gasteiger partial charge in [-0.1, -0.05) is 11.6 Å². The smallest absolute Gasteiger partial charge is 0.271 e. The molecule has 1 rings (SSSR count). The average molecular weight is 316 g/mol. The number of halogens is 1. The number of nitrogens with zero attached hydrogens (tertiary/aromatic N) is 1. The molecule has 0 spiro atoms. The zero-order valence-corrected chi connectivity index (χ0v) is 12.4. The van der Waals surface area contributed by atoms with E-state index in [1.54, 1.807) is 6.92 Å². The fraction of sp³-hybridized carbons (Fsp3) is 0.462. The molecule has 1 aromatic carbocycles. The van der Waals surface area contributed by atoms with E-state index in [-0.39, 0.29) is 10.7 Å². The Morgan fingerprint density at radius 3 is 2.67 bits per heavy atom. The summed E-state index contributed by atoms with van der Waals surface area (Å²) in [6.45, 7) is 1.95. The molecular weight excluding hydrogens is 298 g/mol. The minimum Gasteiger partial charge on any atom is -0.492 e. The van der Waals surface area contributed by atoms with Crippen LogP contribution in [-0.2, 0) is 4.79 Å². The summed E-state index contributed by atoms with van der Waals surface area (Å²) in [5, 5.41) is 10.8. The highest BCUT2D eigenvalue weighted by atomic mass is 35.5. The number of unbranched alkanes of at least 4 members (excludes halogenated alkanes) is 1. The number of ether oxygens (including phenoxy) is 1. The second-order valence-corrected chi connectivity index (χ2v) is 5.37. The van der Waals surface area contributed by atoms with Gasteiger partial charge >= 0.3 is 0 Å². The molecule has 7 nitrogen and oxygen atoms in total. The summed E-state index contributed by atoms with van der Waals surface area (Å²) >= 11 is 5.89. The Labute approximate surface area is 127 Å². The van der Waals surface area contributed by atoms with Gasteiger partial charge in [0.05, 0.1) is 22.1 Å². The first kappa shape index (κ1) is 17.2. The van der Waals surface area contributed by atoms with Crippen molar-refractivity contribution in [1.29, 1.82) is 0 Å². The molecule has 1 aromatic rings. The predicted octanol–water partition coefficient (Wildman–Crippen LogP) is 2.00. The zero-order valence-electron chi connectivity index (χ0n) is 11.7. The number of primary amides is 1. The van der Waals surface area contributed by atoms with E-state index in [0.717, 1.165) is 0 Å². The summed E-state index contributed by atoms with van der Waals surface area (Å²) in [7, 11) is 0. The summed E-state index contributed by atoms with van der Waals surface area (Å²) in [5.41, 5.74) is 9.78. The first-order chi connectivity index (χ1) is 9.74. The molecule has 0 radical (unpaired) electrons. The molecule has 116 valence electrons. The van der Waals surface area contributed by atoms with Crippen LogP contribution in [0.2, 0.25) is 5.02 Å². The molecule has 0 bridgehead atoms. The summed E-state index contributed by atoms with van der Waals surface area (Å²) in [6.07, 6.45) is 1.79. The molecule has 0 aliphatic heterocycles. The van der Waals surface area contributed by atoms with E-state index in [0.29, 0.717) is 31.6 Å². The van der Waals surface area contributed by atoms with Crippen LogP contribution in [0.15, 0.2) is 18.2 Å². The molecule has 1 amide bonds. The molecule has 0 saturated carbocycles. The minimum atomic E-state index is -1.02. The number of nitro benzene ring substituents is 1. The highest BCUT2D eigenvalue weighted by Gasteiger charge is 2.24. The fourth-order valence-corrected chi connectivity index (χ4v) is 1.85. The quantitative estimate of drug-likeness (QED) is 0.431. The number of nitrogens with two attached hydrogens (primary N) is 2. The van der Waals surface area contributed by atoms with Gasteiger partial charge in [-0.2, -0.15) is 0 Å². The Kier molecular flexibility index (Phi) is 5.92. The lowest BCUT2D eigenvalue weighted by Gasteiger charge is -2.19. The second-order valence-electron chi connectivity index (χ2n) is 4.96. The van der Waals surface area contributed by atoms with Gasteiger partial charge in [-0.05, 0) is 32.3 Å². The summed E-state index contributed by atoms with van der Waals surface area (Å²) < 4.78 is 5.44. The van der Waals surface area contributed by atoms with Gasteiger partial charge in [0, 0.05) is 12.1 Å². The van der Waals surface area contributed by atoms with Gasteiger partial charge in [-0.15, -0.1) is 0 Å². The number of rotatable bonds is 8. The van der Waals surface area contributed by atoms with Crippen molar-refractivity contribution in [3.05, 3.63) is 33.3 Å². The maximum atomic E-state index is 11.0. The number of nitro groups is 1. The highest BCUT2D eigenvalue weighted by molar-refractivity contribution is 6.32. The molecule has 0 aliphatic carbocycles. The molecule has 4 N–H and O–H groups in total. The first-order valence-corrected chi connectivity index (χ1v) is 6.77. The molecule has 0 heterocycles. The van der Waals surface area contributed by atoms with Crippen LogP contribution in [0.3, 0.4) is 0 Å². The van der Waals surface area contributed by atoms with E-state index >= 15 is 0 Å². The third kappa shape index (κ3) is 5.20. The molecule has 0 aliphatic rings. The van der Waals surface area contributed by atoms with Gasteiger partial charge < -0.3 is 16.2 Å². The Morgan fingerprint density at radius 2 is 2.14 bits per heavy atom. The minimum absolute atomic E-state index is 0.0901. The highest BCUT2D eigenvalue weighted by Crippen LogP contribution is 2.28. The molecule has 0 aromatic heterocycles. The van der Waals surface area contributed by atoms with E-state index in [4.69, 9.17) is 27.8 Å². The van der Waals surface area contributed by atoms with Crippen LogP contribution in [-0.4, -0.2) is 23.0 Å². The van der Waals surface area contributed by atoms with Gasteiger partial charge in [-0.25, -0.2) is 0 Å². The standard InChI is InChI=1S/C13H18ClN3O4/c1-13(16,12(15)18)6-2-3-7-21-11-5-4-9(17(19)20)8-10(11)14/h4-5,8H,2-3,6-7,16H2,1H3,(H2,15,18). The van der Waals surface area contributed by atoms with Crippen molar-refractivity contribution in [2.24, 2.45) is 11.5 Å². The summed E-state index contributed by atoms with van der Waals surface area (Å²) in [5.74, 6) is -0.158.